The van der Waals surface area contributed by atoms with Crippen LogP contribution in [0.1, 0.15) is 42.3 Å². The van der Waals surface area contributed by atoms with Crippen molar-refractivity contribution in [2.24, 2.45) is 10.9 Å². The van der Waals surface area contributed by atoms with Crippen molar-refractivity contribution in [3.8, 4) is 5.75 Å². The van der Waals surface area contributed by atoms with Crippen molar-refractivity contribution in [2.75, 3.05) is 27.2 Å². The maximum Gasteiger partial charge on any atom is 0.253 e. The second-order valence-electron chi connectivity index (χ2n) is 7.79. The van der Waals surface area contributed by atoms with E-state index in [1.54, 1.807) is 19.0 Å². The molecule has 0 radical (unpaired) electrons. The highest BCUT2D eigenvalue weighted by molar-refractivity contribution is 14.0. The predicted octanol–water partition coefficient (Wildman–Crippen LogP) is 4.30. The molecule has 6 nitrogen and oxygen atoms in total. The normalized spacial score (nSPS) is 11.0. The van der Waals surface area contributed by atoms with Gasteiger partial charge in [-0.1, -0.05) is 38.1 Å². The SMILES string of the molecule is CCNC(=NCc1ccc(OCC(C)C)cc1)NCc1ccc(C(=O)N(C)C)cc1.I. The molecule has 2 N–H and O–H groups in total. The Balaban J connectivity index is 0.00000480. The summed E-state index contributed by atoms with van der Waals surface area (Å²) in [5.41, 5.74) is 2.89. The number of nitrogens with one attached hydrogen (secondary N) is 2. The summed E-state index contributed by atoms with van der Waals surface area (Å²) in [6.07, 6.45) is 0. The lowest BCUT2D eigenvalue weighted by Crippen LogP contribution is -2.36. The van der Waals surface area contributed by atoms with Crippen molar-refractivity contribution >= 4 is 35.8 Å². The Hall–Kier alpha value is -2.29. The van der Waals surface area contributed by atoms with Gasteiger partial charge in [0.2, 0.25) is 0 Å². The molecule has 0 aliphatic carbocycles. The Morgan fingerprint density at radius 2 is 1.61 bits per heavy atom. The topological polar surface area (TPSA) is 66.0 Å². The lowest BCUT2D eigenvalue weighted by molar-refractivity contribution is 0.0827. The molecule has 0 bridgehead atoms. The van der Waals surface area contributed by atoms with Gasteiger partial charge in [-0.05, 0) is 48.2 Å². The molecule has 0 heterocycles. The fourth-order valence-electron chi connectivity index (χ4n) is 2.68. The number of ether oxygens (including phenoxy) is 1. The van der Waals surface area contributed by atoms with Crippen LogP contribution in [-0.4, -0.2) is 44.0 Å². The third kappa shape index (κ3) is 9.59. The van der Waals surface area contributed by atoms with Crippen molar-refractivity contribution in [2.45, 2.75) is 33.9 Å². The van der Waals surface area contributed by atoms with Crippen LogP contribution < -0.4 is 15.4 Å². The predicted molar refractivity (Wildman–Crippen MR) is 138 cm³/mol. The van der Waals surface area contributed by atoms with Gasteiger partial charge in [0.1, 0.15) is 5.75 Å². The number of rotatable bonds is 9. The van der Waals surface area contributed by atoms with Crippen molar-refractivity contribution in [1.29, 1.82) is 0 Å². The molecule has 0 saturated heterocycles. The average Bonchev–Trinajstić information content (AvgIpc) is 2.74. The summed E-state index contributed by atoms with van der Waals surface area (Å²) < 4.78 is 5.73. The Morgan fingerprint density at radius 3 is 2.16 bits per heavy atom. The largest absolute Gasteiger partial charge is 0.493 e. The minimum Gasteiger partial charge on any atom is -0.493 e. The van der Waals surface area contributed by atoms with Gasteiger partial charge in [0.05, 0.1) is 13.2 Å². The molecule has 7 heteroatoms. The van der Waals surface area contributed by atoms with Crippen molar-refractivity contribution in [3.05, 3.63) is 65.2 Å². The number of hydrogen-bond acceptors (Lipinski definition) is 3. The molecular weight excluding hydrogens is 503 g/mol. The van der Waals surface area contributed by atoms with Gasteiger partial charge < -0.3 is 20.3 Å². The Labute approximate surface area is 203 Å². The van der Waals surface area contributed by atoms with E-state index in [-0.39, 0.29) is 29.9 Å². The lowest BCUT2D eigenvalue weighted by atomic mass is 10.1. The number of hydrogen-bond donors (Lipinski definition) is 2. The van der Waals surface area contributed by atoms with Crippen LogP contribution in [0.2, 0.25) is 0 Å². The van der Waals surface area contributed by atoms with E-state index in [2.05, 4.69) is 29.5 Å². The monoisotopic (exact) mass is 538 g/mol. The molecule has 0 aromatic heterocycles. The molecule has 0 aliphatic rings. The summed E-state index contributed by atoms with van der Waals surface area (Å²) in [4.78, 5) is 18.2. The van der Waals surface area contributed by atoms with E-state index in [1.165, 1.54) is 0 Å². The number of guanidine groups is 1. The van der Waals surface area contributed by atoms with Crippen LogP contribution >= 0.6 is 24.0 Å². The molecule has 2 aromatic rings. The van der Waals surface area contributed by atoms with Gasteiger partial charge >= 0.3 is 0 Å². The minimum atomic E-state index is 0. The van der Waals surface area contributed by atoms with Crippen molar-refractivity contribution < 1.29 is 9.53 Å². The quantitative estimate of drug-likeness (QED) is 0.284. The van der Waals surface area contributed by atoms with Crippen LogP contribution in [0.15, 0.2) is 53.5 Å². The highest BCUT2D eigenvalue weighted by Gasteiger charge is 2.07. The molecule has 0 aliphatic heterocycles. The zero-order valence-electron chi connectivity index (χ0n) is 19.1. The average molecular weight is 538 g/mol. The van der Waals surface area contributed by atoms with Crippen LogP contribution in [0.4, 0.5) is 0 Å². The molecule has 2 aromatic carbocycles. The summed E-state index contributed by atoms with van der Waals surface area (Å²) in [6.45, 7) is 9.02. The Kier molecular flexibility index (Phi) is 12.0. The van der Waals surface area contributed by atoms with E-state index in [0.717, 1.165) is 36.0 Å². The number of carbonyl (C=O) groups is 1. The van der Waals surface area contributed by atoms with Gasteiger partial charge in [-0.15, -0.1) is 24.0 Å². The number of benzene rings is 2. The maximum atomic E-state index is 12.0. The summed E-state index contributed by atoms with van der Waals surface area (Å²) in [7, 11) is 3.51. The minimum absolute atomic E-state index is 0. The van der Waals surface area contributed by atoms with Crippen LogP contribution in [-0.2, 0) is 13.1 Å². The van der Waals surface area contributed by atoms with E-state index < -0.39 is 0 Å². The number of amides is 1. The van der Waals surface area contributed by atoms with Gasteiger partial charge in [0.15, 0.2) is 5.96 Å². The zero-order valence-corrected chi connectivity index (χ0v) is 21.5. The second kappa shape index (κ2) is 13.9. The molecular formula is C24H35IN4O2. The first-order valence-electron chi connectivity index (χ1n) is 10.4. The zero-order chi connectivity index (χ0) is 21.9. The van der Waals surface area contributed by atoms with Gasteiger partial charge in [-0.25, -0.2) is 4.99 Å². The van der Waals surface area contributed by atoms with Crippen LogP contribution in [0.3, 0.4) is 0 Å². The highest BCUT2D eigenvalue weighted by Crippen LogP contribution is 2.14. The second-order valence-corrected chi connectivity index (χ2v) is 7.79. The number of nitrogens with zero attached hydrogens (tertiary/aromatic N) is 2. The number of carbonyl (C=O) groups excluding carboxylic acids is 1. The fourth-order valence-corrected chi connectivity index (χ4v) is 2.68. The van der Waals surface area contributed by atoms with Gasteiger partial charge in [0, 0.05) is 32.7 Å². The Morgan fingerprint density at radius 1 is 1.00 bits per heavy atom. The maximum absolute atomic E-state index is 12.0. The van der Waals surface area contributed by atoms with Crippen molar-refractivity contribution in [3.63, 3.8) is 0 Å². The van der Waals surface area contributed by atoms with E-state index in [1.807, 2.05) is 55.5 Å². The molecule has 0 saturated carbocycles. The fraction of sp³-hybridized carbons (Fsp3) is 0.417. The summed E-state index contributed by atoms with van der Waals surface area (Å²) in [5, 5.41) is 6.61. The van der Waals surface area contributed by atoms with Crippen LogP contribution in [0.5, 0.6) is 5.75 Å². The molecule has 1 amide bonds. The smallest absolute Gasteiger partial charge is 0.253 e. The number of halogens is 1. The third-order valence-corrected chi connectivity index (χ3v) is 4.34. The third-order valence-electron chi connectivity index (χ3n) is 4.34. The highest BCUT2D eigenvalue weighted by atomic mass is 127. The Bertz CT molecular complexity index is 818. The van der Waals surface area contributed by atoms with E-state index in [9.17, 15) is 4.79 Å². The van der Waals surface area contributed by atoms with E-state index >= 15 is 0 Å². The molecule has 0 atom stereocenters. The molecule has 0 spiro atoms. The number of aliphatic imine (C=N–C) groups is 1. The van der Waals surface area contributed by atoms with Gasteiger partial charge in [-0.3, -0.25) is 4.79 Å². The lowest BCUT2D eigenvalue weighted by Gasteiger charge is -2.13. The van der Waals surface area contributed by atoms with Crippen LogP contribution in [0, 0.1) is 5.92 Å². The van der Waals surface area contributed by atoms with E-state index in [0.29, 0.717) is 24.6 Å². The first-order valence-corrected chi connectivity index (χ1v) is 10.4. The van der Waals surface area contributed by atoms with Gasteiger partial charge in [0.25, 0.3) is 5.91 Å². The van der Waals surface area contributed by atoms with Crippen LogP contribution in [0.25, 0.3) is 0 Å². The molecule has 31 heavy (non-hydrogen) atoms. The molecule has 170 valence electrons. The summed E-state index contributed by atoms with van der Waals surface area (Å²) >= 11 is 0. The standard InChI is InChI=1S/C24H34N4O2.HI/c1-6-25-24(26-15-19-7-11-21(12-8-19)23(29)28(4)5)27-16-20-9-13-22(14-10-20)30-17-18(2)3;/h7-14,18H,6,15-17H2,1-5H3,(H2,25,26,27);1H. The molecule has 0 fully saturated rings. The first kappa shape index (κ1) is 26.7. The van der Waals surface area contributed by atoms with E-state index in [4.69, 9.17) is 4.74 Å². The van der Waals surface area contributed by atoms with Gasteiger partial charge in [-0.2, -0.15) is 0 Å². The molecule has 2 rings (SSSR count). The molecule has 0 unspecified atom stereocenters. The van der Waals surface area contributed by atoms with Crippen molar-refractivity contribution in [1.82, 2.24) is 15.5 Å². The summed E-state index contributed by atoms with van der Waals surface area (Å²) in [5.74, 6) is 2.15. The first-order chi connectivity index (χ1) is 14.4. The summed E-state index contributed by atoms with van der Waals surface area (Å²) in [6, 6.07) is 15.7.